The van der Waals surface area contributed by atoms with Gasteiger partial charge in [-0.05, 0) is 42.4 Å². The maximum atomic E-state index is 13.4. The average Bonchev–Trinajstić information content (AvgIpc) is 2.41. The lowest BCUT2D eigenvalue weighted by Gasteiger charge is -2.37. The van der Waals surface area contributed by atoms with Gasteiger partial charge in [-0.1, -0.05) is 33.1 Å². The molecule has 1 aromatic carbocycles. The number of nitrogens with one attached hydrogen (secondary N) is 1. The minimum Gasteiger partial charge on any atom is -0.396 e. The molecular weight excluding hydrogens is 239 g/mol. The summed E-state index contributed by atoms with van der Waals surface area (Å²) in [6, 6.07) is 4.94. The Balaban J connectivity index is 1.94. The van der Waals surface area contributed by atoms with Crippen LogP contribution in [-0.2, 0) is 0 Å². The summed E-state index contributed by atoms with van der Waals surface area (Å²) in [5.74, 6) is 0.424. The molecule has 0 spiro atoms. The van der Waals surface area contributed by atoms with Crippen LogP contribution in [0.15, 0.2) is 18.2 Å². The Morgan fingerprint density at radius 2 is 1.95 bits per heavy atom. The highest BCUT2D eigenvalue weighted by Crippen LogP contribution is 2.38. The van der Waals surface area contributed by atoms with Gasteiger partial charge in [0, 0.05) is 12.2 Å². The van der Waals surface area contributed by atoms with Gasteiger partial charge >= 0.3 is 0 Å². The molecule has 1 aromatic rings. The molecule has 106 valence electrons. The Morgan fingerprint density at radius 1 is 1.26 bits per heavy atom. The van der Waals surface area contributed by atoms with Gasteiger partial charge < -0.3 is 11.1 Å². The number of anilines is 2. The topological polar surface area (TPSA) is 38.0 Å². The third-order valence-corrected chi connectivity index (χ3v) is 4.46. The van der Waals surface area contributed by atoms with E-state index in [1.165, 1.54) is 38.2 Å². The number of rotatable bonds is 4. The Hall–Kier alpha value is -1.25. The highest BCUT2D eigenvalue weighted by atomic mass is 19.1. The molecule has 0 aliphatic heterocycles. The van der Waals surface area contributed by atoms with Crippen LogP contribution in [0.5, 0.6) is 0 Å². The summed E-state index contributed by atoms with van der Waals surface area (Å²) < 4.78 is 13.4. The normalized spacial score (nSPS) is 17.4. The summed E-state index contributed by atoms with van der Waals surface area (Å²) in [5, 5.41) is 3.35. The number of nitrogen functional groups attached to an aromatic ring is 1. The van der Waals surface area contributed by atoms with Crippen LogP contribution < -0.4 is 11.1 Å². The molecule has 1 fully saturated rings. The fourth-order valence-electron chi connectivity index (χ4n) is 3.00. The van der Waals surface area contributed by atoms with Crippen molar-refractivity contribution in [1.82, 2.24) is 0 Å². The van der Waals surface area contributed by atoms with Crippen molar-refractivity contribution in [2.75, 3.05) is 17.6 Å². The summed E-state index contributed by atoms with van der Waals surface area (Å²) in [4.78, 5) is 0. The molecule has 0 radical (unpaired) electrons. The Morgan fingerprint density at radius 3 is 2.58 bits per heavy atom. The highest BCUT2D eigenvalue weighted by Gasteiger charge is 2.30. The second kappa shape index (κ2) is 5.81. The van der Waals surface area contributed by atoms with E-state index in [-0.39, 0.29) is 16.9 Å². The van der Waals surface area contributed by atoms with E-state index in [9.17, 15) is 4.39 Å². The van der Waals surface area contributed by atoms with Gasteiger partial charge in [0.25, 0.3) is 0 Å². The van der Waals surface area contributed by atoms with Crippen LogP contribution >= 0.6 is 0 Å². The van der Waals surface area contributed by atoms with E-state index in [4.69, 9.17) is 5.73 Å². The monoisotopic (exact) mass is 264 g/mol. The van der Waals surface area contributed by atoms with Crippen LogP contribution in [0, 0.1) is 17.2 Å². The highest BCUT2D eigenvalue weighted by molar-refractivity contribution is 5.52. The maximum Gasteiger partial charge on any atom is 0.148 e. The predicted octanol–water partition coefficient (Wildman–Crippen LogP) is 4.43. The summed E-state index contributed by atoms with van der Waals surface area (Å²) in [6.45, 7) is 5.49. The van der Waals surface area contributed by atoms with Crippen molar-refractivity contribution < 1.29 is 4.39 Å². The molecule has 0 amide bonds. The summed E-state index contributed by atoms with van der Waals surface area (Å²) in [5.41, 5.74) is 6.75. The Bertz CT molecular complexity index is 423. The van der Waals surface area contributed by atoms with Crippen molar-refractivity contribution in [3.63, 3.8) is 0 Å². The van der Waals surface area contributed by atoms with Gasteiger partial charge in [0.15, 0.2) is 0 Å². The van der Waals surface area contributed by atoms with Crippen molar-refractivity contribution in [3.8, 4) is 0 Å². The zero-order valence-electron chi connectivity index (χ0n) is 12.0. The van der Waals surface area contributed by atoms with Gasteiger partial charge in [-0.25, -0.2) is 4.39 Å². The van der Waals surface area contributed by atoms with E-state index < -0.39 is 0 Å². The first kappa shape index (κ1) is 14.2. The second-order valence-electron chi connectivity index (χ2n) is 6.41. The van der Waals surface area contributed by atoms with Gasteiger partial charge in [0.1, 0.15) is 5.82 Å². The molecule has 0 atom stereocenters. The fourth-order valence-corrected chi connectivity index (χ4v) is 3.00. The molecule has 0 unspecified atom stereocenters. The van der Waals surface area contributed by atoms with Gasteiger partial charge in [-0.15, -0.1) is 0 Å². The number of halogens is 1. The zero-order chi connectivity index (χ0) is 13.9. The standard InChI is InChI=1S/C16H25FN2/c1-16(2,12-6-4-3-5-7-12)11-19-13-8-9-15(18)14(17)10-13/h8-10,12,19H,3-7,11,18H2,1-2H3. The molecule has 3 heteroatoms. The van der Waals surface area contributed by atoms with Gasteiger partial charge in [0.05, 0.1) is 5.69 Å². The number of hydrogen-bond donors (Lipinski definition) is 2. The molecule has 1 saturated carbocycles. The zero-order valence-corrected chi connectivity index (χ0v) is 12.0. The van der Waals surface area contributed by atoms with Crippen LogP contribution in [0.1, 0.15) is 46.0 Å². The van der Waals surface area contributed by atoms with Crippen molar-refractivity contribution in [2.24, 2.45) is 11.3 Å². The van der Waals surface area contributed by atoms with E-state index in [0.29, 0.717) is 0 Å². The predicted molar refractivity (Wildman–Crippen MR) is 79.7 cm³/mol. The molecule has 2 rings (SSSR count). The minimum atomic E-state index is -0.347. The molecule has 0 heterocycles. The van der Waals surface area contributed by atoms with Crippen molar-refractivity contribution in [1.29, 1.82) is 0 Å². The molecular formula is C16H25FN2. The van der Waals surface area contributed by atoms with Gasteiger partial charge in [0.2, 0.25) is 0 Å². The first-order valence-corrected chi connectivity index (χ1v) is 7.28. The lowest BCUT2D eigenvalue weighted by atomic mass is 9.71. The number of hydrogen-bond acceptors (Lipinski definition) is 2. The van der Waals surface area contributed by atoms with E-state index >= 15 is 0 Å². The molecule has 0 aromatic heterocycles. The summed E-state index contributed by atoms with van der Waals surface area (Å²) in [7, 11) is 0. The SMILES string of the molecule is CC(C)(CNc1ccc(N)c(F)c1)C1CCCCC1. The first-order valence-electron chi connectivity index (χ1n) is 7.28. The van der Waals surface area contributed by atoms with Crippen LogP contribution in [0.3, 0.4) is 0 Å². The molecule has 1 aliphatic rings. The molecule has 0 saturated heterocycles. The fraction of sp³-hybridized carbons (Fsp3) is 0.625. The largest absolute Gasteiger partial charge is 0.396 e. The Labute approximate surface area is 115 Å². The third-order valence-electron chi connectivity index (χ3n) is 4.46. The molecule has 19 heavy (non-hydrogen) atoms. The quantitative estimate of drug-likeness (QED) is 0.790. The van der Waals surface area contributed by atoms with E-state index in [1.54, 1.807) is 6.07 Å². The van der Waals surface area contributed by atoms with Gasteiger partial charge in [-0.2, -0.15) is 0 Å². The maximum absolute atomic E-state index is 13.4. The van der Waals surface area contributed by atoms with Crippen molar-refractivity contribution in [2.45, 2.75) is 46.0 Å². The Kier molecular flexibility index (Phi) is 4.33. The number of nitrogens with two attached hydrogens (primary N) is 1. The third kappa shape index (κ3) is 3.62. The van der Waals surface area contributed by atoms with E-state index in [2.05, 4.69) is 19.2 Å². The van der Waals surface area contributed by atoms with Gasteiger partial charge in [-0.3, -0.25) is 0 Å². The molecule has 2 nitrogen and oxygen atoms in total. The second-order valence-corrected chi connectivity index (χ2v) is 6.41. The summed E-state index contributed by atoms with van der Waals surface area (Å²) >= 11 is 0. The molecule has 0 bridgehead atoms. The van der Waals surface area contributed by atoms with Crippen LogP contribution in [0.2, 0.25) is 0 Å². The van der Waals surface area contributed by atoms with Crippen LogP contribution in [0.25, 0.3) is 0 Å². The smallest absolute Gasteiger partial charge is 0.148 e. The lowest BCUT2D eigenvalue weighted by molar-refractivity contribution is 0.172. The van der Waals surface area contributed by atoms with E-state index in [1.807, 2.05) is 6.07 Å². The van der Waals surface area contributed by atoms with Crippen molar-refractivity contribution >= 4 is 11.4 Å². The molecule has 3 N–H and O–H groups in total. The van der Waals surface area contributed by atoms with Crippen molar-refractivity contribution in [3.05, 3.63) is 24.0 Å². The van der Waals surface area contributed by atoms with Crippen LogP contribution in [0.4, 0.5) is 15.8 Å². The average molecular weight is 264 g/mol. The lowest BCUT2D eigenvalue weighted by Crippen LogP contribution is -2.33. The summed E-state index contributed by atoms with van der Waals surface area (Å²) in [6.07, 6.45) is 6.73. The van der Waals surface area contributed by atoms with E-state index in [0.717, 1.165) is 18.2 Å². The minimum absolute atomic E-state index is 0.206. The molecule has 1 aliphatic carbocycles. The number of benzene rings is 1. The first-order chi connectivity index (χ1) is 8.99. The van der Waals surface area contributed by atoms with Crippen LogP contribution in [-0.4, -0.2) is 6.54 Å².